The largest absolute Gasteiger partial charge is 0.497 e. The second-order valence-corrected chi connectivity index (χ2v) is 7.63. The molecule has 0 saturated carbocycles. The highest BCUT2D eigenvalue weighted by molar-refractivity contribution is 7.90. The van der Waals surface area contributed by atoms with Crippen molar-refractivity contribution in [1.82, 2.24) is 10.1 Å². The van der Waals surface area contributed by atoms with Crippen LogP contribution in [0.5, 0.6) is 5.75 Å². The zero-order chi connectivity index (χ0) is 19.4. The van der Waals surface area contributed by atoms with Gasteiger partial charge in [0.05, 0.1) is 17.6 Å². The molecule has 0 atom stereocenters. The molecule has 0 saturated heterocycles. The molecule has 1 heterocycles. The second kappa shape index (κ2) is 7.58. The molecule has 1 aromatic heterocycles. The topological polar surface area (TPSA) is 109 Å². The molecule has 3 aromatic rings. The van der Waals surface area contributed by atoms with E-state index in [0.717, 1.165) is 6.26 Å². The Kier molecular flexibility index (Phi) is 5.22. The van der Waals surface area contributed by atoms with E-state index in [4.69, 9.17) is 14.0 Å². The van der Waals surface area contributed by atoms with Crippen LogP contribution in [0.15, 0.2) is 57.9 Å². The van der Waals surface area contributed by atoms with Gasteiger partial charge >= 0.3 is 5.97 Å². The van der Waals surface area contributed by atoms with Crippen molar-refractivity contribution >= 4 is 15.8 Å². The summed E-state index contributed by atoms with van der Waals surface area (Å²) in [4.78, 5) is 16.4. The molecule has 0 radical (unpaired) electrons. The number of carbonyl (C=O) groups excluding carboxylic acids is 1. The van der Waals surface area contributed by atoms with Crippen molar-refractivity contribution in [2.75, 3.05) is 13.4 Å². The Balaban J connectivity index is 1.65. The molecule has 9 heteroatoms. The summed E-state index contributed by atoms with van der Waals surface area (Å²) in [6.45, 7) is -0.205. The second-order valence-electron chi connectivity index (χ2n) is 5.62. The van der Waals surface area contributed by atoms with Gasteiger partial charge in [0.2, 0.25) is 5.82 Å². The van der Waals surface area contributed by atoms with Crippen LogP contribution < -0.4 is 4.74 Å². The van der Waals surface area contributed by atoms with Crippen LogP contribution >= 0.6 is 0 Å². The Hall–Kier alpha value is -3.20. The fraction of sp³-hybridized carbons (Fsp3) is 0.167. The number of esters is 1. The smallest absolute Gasteiger partial charge is 0.338 e. The lowest BCUT2D eigenvalue weighted by Crippen LogP contribution is -2.06. The minimum Gasteiger partial charge on any atom is -0.497 e. The lowest BCUT2D eigenvalue weighted by molar-refractivity contribution is 0.0429. The van der Waals surface area contributed by atoms with Crippen LogP contribution in [0, 0.1) is 0 Å². The summed E-state index contributed by atoms with van der Waals surface area (Å²) in [7, 11) is -1.77. The SMILES string of the molecule is COc1cccc(-c2noc(COC(=O)c3ccc(S(C)(=O)=O)cc3)n2)c1. The zero-order valence-corrected chi connectivity index (χ0v) is 15.4. The van der Waals surface area contributed by atoms with E-state index in [-0.39, 0.29) is 23.0 Å². The molecule has 0 aliphatic rings. The summed E-state index contributed by atoms with van der Waals surface area (Å²) < 4.78 is 38.2. The fourth-order valence-corrected chi connectivity index (χ4v) is 2.87. The summed E-state index contributed by atoms with van der Waals surface area (Å²) in [5.74, 6) is 0.505. The number of rotatable bonds is 6. The van der Waals surface area contributed by atoms with Gasteiger partial charge in [0, 0.05) is 11.8 Å². The minimum atomic E-state index is -3.32. The highest BCUT2D eigenvalue weighted by Gasteiger charge is 2.14. The van der Waals surface area contributed by atoms with Crippen molar-refractivity contribution in [3.05, 3.63) is 60.0 Å². The van der Waals surface area contributed by atoms with Gasteiger partial charge in [-0.05, 0) is 36.4 Å². The number of nitrogens with zero attached hydrogens (tertiary/aromatic N) is 2. The molecule has 0 aliphatic carbocycles. The predicted molar refractivity (Wildman–Crippen MR) is 95.0 cm³/mol. The van der Waals surface area contributed by atoms with Crippen LogP contribution in [0.2, 0.25) is 0 Å². The quantitative estimate of drug-likeness (QED) is 0.593. The number of aromatic nitrogens is 2. The lowest BCUT2D eigenvalue weighted by Gasteiger charge is -2.03. The molecule has 8 nitrogen and oxygen atoms in total. The van der Waals surface area contributed by atoms with Gasteiger partial charge in [-0.2, -0.15) is 4.98 Å². The van der Waals surface area contributed by atoms with Gasteiger partial charge in [0.25, 0.3) is 5.89 Å². The Morgan fingerprint density at radius 2 is 1.89 bits per heavy atom. The number of benzene rings is 2. The van der Waals surface area contributed by atoms with Crippen molar-refractivity contribution in [3.63, 3.8) is 0 Å². The molecule has 0 bridgehead atoms. The van der Waals surface area contributed by atoms with Crippen molar-refractivity contribution in [3.8, 4) is 17.1 Å². The van der Waals surface area contributed by atoms with E-state index in [9.17, 15) is 13.2 Å². The Morgan fingerprint density at radius 3 is 2.56 bits per heavy atom. The Morgan fingerprint density at radius 1 is 1.15 bits per heavy atom. The fourth-order valence-electron chi connectivity index (χ4n) is 2.24. The summed E-state index contributed by atoms with van der Waals surface area (Å²) in [5, 5.41) is 3.85. The number of hydrogen-bond donors (Lipinski definition) is 0. The standard InChI is InChI=1S/C18H16N2O6S/c1-24-14-5-3-4-13(10-14)17-19-16(26-20-17)11-25-18(21)12-6-8-15(9-7-12)27(2,22)23/h3-10H,11H2,1-2H3. The van der Waals surface area contributed by atoms with E-state index < -0.39 is 15.8 Å². The molecular weight excluding hydrogens is 372 g/mol. The van der Waals surface area contributed by atoms with Gasteiger partial charge in [0.1, 0.15) is 5.75 Å². The average Bonchev–Trinajstić information content (AvgIpc) is 3.14. The normalized spacial score (nSPS) is 11.2. The number of hydrogen-bond acceptors (Lipinski definition) is 8. The first-order chi connectivity index (χ1) is 12.9. The molecule has 140 valence electrons. The predicted octanol–water partition coefficient (Wildman–Crippen LogP) is 2.51. The van der Waals surface area contributed by atoms with E-state index in [2.05, 4.69) is 10.1 Å². The van der Waals surface area contributed by atoms with Crippen molar-refractivity contribution in [2.24, 2.45) is 0 Å². The van der Waals surface area contributed by atoms with Crippen LogP contribution in [-0.2, 0) is 21.2 Å². The van der Waals surface area contributed by atoms with Crippen molar-refractivity contribution < 1.29 is 27.2 Å². The average molecular weight is 388 g/mol. The van der Waals surface area contributed by atoms with Gasteiger partial charge in [0.15, 0.2) is 16.4 Å². The first kappa shape index (κ1) is 18.6. The highest BCUT2D eigenvalue weighted by Crippen LogP contribution is 2.21. The maximum atomic E-state index is 12.1. The van der Waals surface area contributed by atoms with Crippen LogP contribution in [-0.4, -0.2) is 37.9 Å². The third-order valence-electron chi connectivity index (χ3n) is 3.64. The zero-order valence-electron chi connectivity index (χ0n) is 14.6. The first-order valence-electron chi connectivity index (χ1n) is 7.81. The van der Waals surface area contributed by atoms with Crippen molar-refractivity contribution in [1.29, 1.82) is 0 Å². The van der Waals surface area contributed by atoms with E-state index >= 15 is 0 Å². The Bertz CT molecular complexity index is 1060. The number of methoxy groups -OCH3 is 1. The van der Waals surface area contributed by atoms with Crippen LogP contribution in [0.4, 0.5) is 0 Å². The van der Waals surface area contributed by atoms with Gasteiger partial charge in [-0.1, -0.05) is 17.3 Å². The molecule has 3 rings (SSSR count). The monoisotopic (exact) mass is 388 g/mol. The Labute approximate surface area is 155 Å². The van der Waals surface area contributed by atoms with Crippen LogP contribution in [0.25, 0.3) is 11.4 Å². The van der Waals surface area contributed by atoms with Crippen LogP contribution in [0.1, 0.15) is 16.2 Å². The van der Waals surface area contributed by atoms with Crippen molar-refractivity contribution in [2.45, 2.75) is 11.5 Å². The molecule has 0 unspecified atom stereocenters. The molecule has 0 amide bonds. The van der Waals surface area contributed by atoms with E-state index in [0.29, 0.717) is 17.1 Å². The summed E-state index contributed by atoms with van der Waals surface area (Å²) in [5.41, 5.74) is 0.918. The van der Waals surface area contributed by atoms with Gasteiger partial charge in [-0.3, -0.25) is 0 Å². The number of ether oxygens (including phenoxy) is 2. The molecule has 0 fully saturated rings. The van der Waals surface area contributed by atoms with Gasteiger partial charge in [-0.15, -0.1) is 0 Å². The lowest BCUT2D eigenvalue weighted by atomic mass is 10.2. The van der Waals surface area contributed by atoms with Crippen LogP contribution in [0.3, 0.4) is 0 Å². The third-order valence-corrected chi connectivity index (χ3v) is 4.77. The summed E-state index contributed by atoms with van der Waals surface area (Å²) >= 11 is 0. The third kappa shape index (κ3) is 4.50. The maximum absolute atomic E-state index is 12.1. The molecule has 0 spiro atoms. The van der Waals surface area contributed by atoms with E-state index in [1.54, 1.807) is 31.4 Å². The van der Waals surface area contributed by atoms with Gasteiger partial charge in [-0.25, -0.2) is 13.2 Å². The number of sulfone groups is 1. The molecule has 2 aromatic carbocycles. The summed E-state index contributed by atoms with van der Waals surface area (Å²) in [6.07, 6.45) is 1.09. The highest BCUT2D eigenvalue weighted by atomic mass is 32.2. The summed E-state index contributed by atoms with van der Waals surface area (Å²) in [6, 6.07) is 12.6. The van der Waals surface area contributed by atoms with Gasteiger partial charge < -0.3 is 14.0 Å². The number of carbonyl (C=O) groups is 1. The van der Waals surface area contributed by atoms with E-state index in [1.165, 1.54) is 24.3 Å². The first-order valence-corrected chi connectivity index (χ1v) is 9.70. The molecular formula is C18H16N2O6S. The maximum Gasteiger partial charge on any atom is 0.338 e. The minimum absolute atomic E-state index is 0.124. The molecule has 0 aliphatic heterocycles. The van der Waals surface area contributed by atoms with E-state index in [1.807, 2.05) is 0 Å². The molecule has 27 heavy (non-hydrogen) atoms. The molecule has 0 N–H and O–H groups in total.